The van der Waals surface area contributed by atoms with Crippen molar-refractivity contribution < 1.29 is 33.8 Å². The first-order valence-electron chi connectivity index (χ1n) is 16.1. The Bertz CT molecular complexity index is 1470. The molecule has 3 heterocycles. The van der Waals surface area contributed by atoms with Gasteiger partial charge in [0, 0.05) is 36.8 Å². The number of carbonyl (C=O) groups is 4. The Balaban J connectivity index is 1.44. The van der Waals surface area contributed by atoms with Gasteiger partial charge in [-0.05, 0) is 61.9 Å². The van der Waals surface area contributed by atoms with E-state index >= 15 is 0 Å². The topological polar surface area (TPSA) is 125 Å². The zero-order valence-electron chi connectivity index (χ0n) is 26.4. The minimum Gasteiger partial charge on any atom is -0.463 e. The molecule has 10 nitrogen and oxygen atoms in total. The van der Waals surface area contributed by atoms with Crippen molar-refractivity contribution in [3.8, 4) is 0 Å². The molecule has 3 fully saturated rings. The summed E-state index contributed by atoms with van der Waals surface area (Å²) in [5, 5.41) is 13.0. The van der Waals surface area contributed by atoms with Gasteiger partial charge in [-0.15, -0.1) is 13.2 Å². The van der Waals surface area contributed by atoms with E-state index in [9.17, 15) is 24.3 Å². The molecule has 3 amide bonds. The number of hydrogen-bond acceptors (Lipinski definition) is 7. The van der Waals surface area contributed by atoms with Gasteiger partial charge in [0.2, 0.25) is 11.8 Å². The third-order valence-electron chi connectivity index (χ3n) is 9.34. The van der Waals surface area contributed by atoms with Crippen molar-refractivity contribution in [2.45, 2.75) is 62.3 Å². The molecule has 6 atom stereocenters. The second-order valence-corrected chi connectivity index (χ2v) is 12.7. The van der Waals surface area contributed by atoms with E-state index in [4.69, 9.17) is 21.1 Å². The molecule has 0 unspecified atom stereocenters. The summed E-state index contributed by atoms with van der Waals surface area (Å²) in [5.41, 5.74) is 0.137. The SMILES string of the molecule is C=CCCC(=O)OC[C@H](NC(=O)[C@@H]1[C@@H]2CC[C@]3(O2)[C@H](C(=O)N(CC=C)c2ccc(Cl)cc2)N(CCCCO)C(=O)[C@@H]13)c1ccccc1. The quantitative estimate of drug-likeness (QED) is 0.155. The Morgan fingerprint density at radius 2 is 1.87 bits per heavy atom. The first kappa shape index (κ1) is 34.3. The smallest absolute Gasteiger partial charge is 0.306 e. The second kappa shape index (κ2) is 15.3. The number of rotatable bonds is 16. The fourth-order valence-electron chi connectivity index (χ4n) is 7.23. The Morgan fingerprint density at radius 3 is 2.55 bits per heavy atom. The molecule has 2 aromatic carbocycles. The lowest BCUT2D eigenvalue weighted by Gasteiger charge is -2.37. The van der Waals surface area contributed by atoms with E-state index in [1.165, 1.54) is 0 Å². The number of nitrogens with one attached hydrogen (secondary N) is 1. The molecule has 47 heavy (non-hydrogen) atoms. The third-order valence-corrected chi connectivity index (χ3v) is 9.59. The molecular weight excluding hydrogens is 622 g/mol. The maximum Gasteiger partial charge on any atom is 0.306 e. The number of aliphatic hydroxyl groups is 1. The Hall–Kier alpha value is -3.99. The van der Waals surface area contributed by atoms with E-state index < -0.39 is 47.5 Å². The summed E-state index contributed by atoms with van der Waals surface area (Å²) in [6.07, 6.45) is 5.22. The van der Waals surface area contributed by atoms with Crippen LogP contribution in [0.1, 0.15) is 50.1 Å². The van der Waals surface area contributed by atoms with E-state index in [2.05, 4.69) is 18.5 Å². The van der Waals surface area contributed by atoms with Gasteiger partial charge in [-0.3, -0.25) is 19.2 Å². The maximum atomic E-state index is 14.6. The van der Waals surface area contributed by atoms with Crippen LogP contribution in [0.5, 0.6) is 0 Å². The van der Waals surface area contributed by atoms with E-state index in [-0.39, 0.29) is 44.5 Å². The second-order valence-electron chi connectivity index (χ2n) is 12.2. The van der Waals surface area contributed by atoms with Gasteiger partial charge in [0.25, 0.3) is 5.91 Å². The number of amides is 3. The molecule has 1 spiro atoms. The van der Waals surface area contributed by atoms with E-state index in [0.717, 1.165) is 5.56 Å². The number of anilines is 1. The summed E-state index contributed by atoms with van der Waals surface area (Å²) in [7, 11) is 0. The monoisotopic (exact) mass is 663 g/mol. The molecule has 2 bridgehead atoms. The highest BCUT2D eigenvalue weighted by atomic mass is 35.5. The summed E-state index contributed by atoms with van der Waals surface area (Å²) < 4.78 is 12.1. The Labute approximate surface area is 280 Å². The van der Waals surface area contributed by atoms with Gasteiger partial charge in [0.1, 0.15) is 18.2 Å². The van der Waals surface area contributed by atoms with Crippen LogP contribution in [0.25, 0.3) is 0 Å². The lowest BCUT2D eigenvalue weighted by atomic mass is 9.70. The minimum absolute atomic E-state index is 0.0504. The third kappa shape index (κ3) is 7.00. The van der Waals surface area contributed by atoms with Gasteiger partial charge in [-0.25, -0.2) is 0 Å². The van der Waals surface area contributed by atoms with Gasteiger partial charge in [-0.1, -0.05) is 54.1 Å². The lowest BCUT2D eigenvalue weighted by molar-refractivity contribution is -0.146. The van der Waals surface area contributed by atoms with Crippen molar-refractivity contribution in [3.63, 3.8) is 0 Å². The maximum absolute atomic E-state index is 14.6. The Kier molecular flexibility index (Phi) is 11.2. The van der Waals surface area contributed by atoms with Gasteiger partial charge in [-0.2, -0.15) is 0 Å². The number of benzene rings is 2. The number of ether oxygens (including phenoxy) is 2. The van der Waals surface area contributed by atoms with Crippen LogP contribution in [-0.2, 0) is 28.7 Å². The first-order chi connectivity index (χ1) is 22.7. The number of allylic oxidation sites excluding steroid dienone is 1. The number of esters is 1. The molecule has 5 rings (SSSR count). The van der Waals surface area contributed by atoms with Crippen LogP contribution in [0.2, 0.25) is 5.02 Å². The van der Waals surface area contributed by atoms with Crippen LogP contribution in [0.3, 0.4) is 0 Å². The molecule has 0 aliphatic carbocycles. The normalized spacial score (nSPS) is 24.8. The zero-order chi connectivity index (χ0) is 33.6. The van der Waals surface area contributed by atoms with Crippen molar-refractivity contribution in [3.05, 3.63) is 90.5 Å². The van der Waals surface area contributed by atoms with Crippen molar-refractivity contribution in [1.82, 2.24) is 10.2 Å². The summed E-state index contributed by atoms with van der Waals surface area (Å²) in [5.74, 6) is -3.17. The van der Waals surface area contributed by atoms with Gasteiger partial charge >= 0.3 is 5.97 Å². The predicted molar refractivity (Wildman–Crippen MR) is 177 cm³/mol. The molecule has 2 N–H and O–H groups in total. The molecule has 11 heteroatoms. The number of halogens is 1. The number of nitrogens with zero attached hydrogens (tertiary/aromatic N) is 2. The van der Waals surface area contributed by atoms with Gasteiger partial charge in [0.15, 0.2) is 0 Å². The van der Waals surface area contributed by atoms with Crippen LogP contribution in [0.4, 0.5) is 5.69 Å². The molecule has 3 aliphatic heterocycles. The van der Waals surface area contributed by atoms with Crippen LogP contribution >= 0.6 is 11.6 Å². The first-order valence-corrected chi connectivity index (χ1v) is 16.5. The van der Waals surface area contributed by atoms with Crippen LogP contribution in [0, 0.1) is 11.8 Å². The highest BCUT2D eigenvalue weighted by Crippen LogP contribution is 2.58. The number of likely N-dealkylation sites (tertiary alicyclic amines) is 1. The van der Waals surface area contributed by atoms with Crippen molar-refractivity contribution >= 4 is 41.0 Å². The fraction of sp³-hybridized carbons (Fsp3) is 0.444. The highest BCUT2D eigenvalue weighted by molar-refractivity contribution is 6.30. The molecule has 3 saturated heterocycles. The fourth-order valence-corrected chi connectivity index (χ4v) is 7.36. The molecular formula is C36H42ClN3O7. The predicted octanol–water partition coefficient (Wildman–Crippen LogP) is 4.37. The summed E-state index contributed by atoms with van der Waals surface area (Å²) in [6, 6.07) is 14.4. The van der Waals surface area contributed by atoms with Crippen LogP contribution in [0.15, 0.2) is 79.9 Å². The number of unbranched alkanes of at least 4 members (excludes halogenated alkanes) is 1. The van der Waals surface area contributed by atoms with Gasteiger partial charge < -0.3 is 29.7 Å². The van der Waals surface area contributed by atoms with Crippen LogP contribution in [-0.4, -0.2) is 77.7 Å². The summed E-state index contributed by atoms with van der Waals surface area (Å²) in [6.45, 7) is 7.76. The molecule has 0 saturated carbocycles. The average molecular weight is 664 g/mol. The minimum atomic E-state index is -1.20. The largest absolute Gasteiger partial charge is 0.463 e. The highest BCUT2D eigenvalue weighted by Gasteiger charge is 2.74. The van der Waals surface area contributed by atoms with Crippen LogP contribution < -0.4 is 10.2 Å². The van der Waals surface area contributed by atoms with E-state index in [1.807, 2.05) is 30.3 Å². The average Bonchev–Trinajstić information content (AvgIpc) is 3.72. The molecule has 3 aliphatic rings. The van der Waals surface area contributed by atoms with E-state index in [0.29, 0.717) is 42.8 Å². The molecule has 250 valence electrons. The Morgan fingerprint density at radius 1 is 1.13 bits per heavy atom. The lowest BCUT2D eigenvalue weighted by Crippen LogP contribution is -2.56. The summed E-state index contributed by atoms with van der Waals surface area (Å²) >= 11 is 6.13. The molecule has 0 aromatic heterocycles. The number of fused-ring (bicyclic) bond motifs is 1. The summed E-state index contributed by atoms with van der Waals surface area (Å²) in [4.78, 5) is 58.5. The zero-order valence-corrected chi connectivity index (χ0v) is 27.1. The molecule has 0 radical (unpaired) electrons. The van der Waals surface area contributed by atoms with Crippen molar-refractivity contribution in [1.29, 1.82) is 0 Å². The number of aliphatic hydroxyl groups excluding tert-OH is 1. The molecule has 2 aromatic rings. The van der Waals surface area contributed by atoms with Crippen molar-refractivity contribution in [2.24, 2.45) is 11.8 Å². The van der Waals surface area contributed by atoms with Crippen molar-refractivity contribution in [2.75, 3.05) is 31.2 Å². The number of carbonyl (C=O) groups excluding carboxylic acids is 4. The standard InChI is InChI=1S/C36H42ClN3O7/c1-3-5-13-29(42)46-23-27(24-11-7-6-8-12-24)38-33(43)30-28-18-19-36(47-28)31(30)34(44)40(21-9-10-22-41)32(36)35(45)39(20-4-2)26-16-14-25(37)15-17-26/h3-4,6-8,11-12,14-17,27-28,30-32,41H,1-2,5,9-10,13,18-23H2,(H,38,43)/t27-,28-,30+,31+,32-,36+/m0/s1. The van der Waals surface area contributed by atoms with E-state index in [1.54, 1.807) is 46.2 Å². The number of hydrogen-bond donors (Lipinski definition) is 2. The van der Waals surface area contributed by atoms with Gasteiger partial charge in [0.05, 0.1) is 24.0 Å².